The lowest BCUT2D eigenvalue weighted by Gasteiger charge is -2.45. The van der Waals surface area contributed by atoms with Crippen molar-refractivity contribution in [1.82, 2.24) is 10.3 Å². The van der Waals surface area contributed by atoms with Gasteiger partial charge in [0.1, 0.15) is 5.82 Å². The molecule has 0 spiro atoms. The fourth-order valence-electron chi connectivity index (χ4n) is 4.59. The molecule has 136 valence electrons. The van der Waals surface area contributed by atoms with Gasteiger partial charge in [0.2, 0.25) is 0 Å². The topological polar surface area (TPSA) is 28.2 Å². The van der Waals surface area contributed by atoms with Gasteiger partial charge in [0.15, 0.2) is 0 Å². The van der Waals surface area contributed by atoms with E-state index in [0.717, 1.165) is 48.4 Å². The number of aromatic nitrogens is 1. The predicted molar refractivity (Wildman–Crippen MR) is 107 cm³/mol. The normalized spacial score (nSPS) is 21.0. The van der Waals surface area contributed by atoms with Crippen molar-refractivity contribution in [3.05, 3.63) is 82.9 Å². The minimum absolute atomic E-state index is 0.178. The van der Waals surface area contributed by atoms with Gasteiger partial charge in [-0.25, -0.2) is 4.39 Å². The molecule has 2 aromatic carbocycles. The summed E-state index contributed by atoms with van der Waals surface area (Å²) < 4.78 is 14.8. The number of hydrogen-bond donors (Lipinski definition) is 1. The number of nitrogens with one attached hydrogen (secondary N) is 1. The monoisotopic (exact) mass is 379 g/mol. The number of hydrogen-bond acceptors (Lipinski definition) is 3. The molecule has 1 aromatic heterocycles. The number of halogens is 2. The van der Waals surface area contributed by atoms with Crippen LogP contribution < -0.4 is 10.2 Å². The Morgan fingerprint density at radius 1 is 1.15 bits per heavy atom. The first-order chi connectivity index (χ1) is 13.2. The molecular formula is C22H19ClFN3. The van der Waals surface area contributed by atoms with Crippen molar-refractivity contribution in [3.8, 4) is 11.1 Å². The van der Waals surface area contributed by atoms with Gasteiger partial charge in [-0.15, -0.1) is 0 Å². The van der Waals surface area contributed by atoms with Crippen molar-refractivity contribution >= 4 is 17.3 Å². The molecule has 5 rings (SSSR count). The molecule has 0 amide bonds. The quantitative estimate of drug-likeness (QED) is 0.715. The second kappa shape index (κ2) is 6.32. The fourth-order valence-corrected chi connectivity index (χ4v) is 4.86. The van der Waals surface area contributed by atoms with E-state index in [-0.39, 0.29) is 16.4 Å². The van der Waals surface area contributed by atoms with Crippen molar-refractivity contribution in [2.75, 3.05) is 24.5 Å². The van der Waals surface area contributed by atoms with E-state index in [1.54, 1.807) is 18.5 Å². The molecular weight excluding hydrogens is 361 g/mol. The summed E-state index contributed by atoms with van der Waals surface area (Å²) >= 11 is 6.46. The molecule has 3 nitrogen and oxygen atoms in total. The molecule has 0 radical (unpaired) electrons. The maximum Gasteiger partial charge on any atom is 0.144 e. The van der Waals surface area contributed by atoms with Crippen LogP contribution in [0.2, 0.25) is 5.02 Å². The lowest BCUT2D eigenvalue weighted by Crippen LogP contribution is -2.57. The smallest absolute Gasteiger partial charge is 0.144 e. The van der Waals surface area contributed by atoms with E-state index in [4.69, 9.17) is 11.6 Å². The highest BCUT2D eigenvalue weighted by Gasteiger charge is 2.48. The Hall–Kier alpha value is -2.43. The van der Waals surface area contributed by atoms with E-state index in [9.17, 15) is 4.39 Å². The zero-order valence-corrected chi connectivity index (χ0v) is 15.5. The van der Waals surface area contributed by atoms with E-state index >= 15 is 0 Å². The molecule has 2 aliphatic rings. The number of benzene rings is 2. The third-order valence-corrected chi connectivity index (χ3v) is 6.14. The van der Waals surface area contributed by atoms with Crippen LogP contribution in [0.5, 0.6) is 0 Å². The maximum absolute atomic E-state index is 14.8. The van der Waals surface area contributed by atoms with E-state index in [0.29, 0.717) is 0 Å². The van der Waals surface area contributed by atoms with Crippen LogP contribution in [0.4, 0.5) is 10.1 Å². The fraction of sp³-hybridized carbons (Fsp3) is 0.227. The Kier molecular flexibility index (Phi) is 3.92. The molecule has 1 fully saturated rings. The van der Waals surface area contributed by atoms with Crippen molar-refractivity contribution in [3.63, 3.8) is 0 Å². The standard InChI is InChI=1S/C22H19ClFN3/c23-21-18(24)11-19-17(20(21)15-5-4-8-25-13-15)12-22(14-26-9-10-27(19)22)16-6-2-1-3-7-16/h1-8,11,13,26H,9-10,12,14H2. The van der Waals surface area contributed by atoms with Gasteiger partial charge in [-0.2, -0.15) is 0 Å². The summed E-state index contributed by atoms with van der Waals surface area (Å²) in [6.45, 7) is 2.52. The third-order valence-electron chi connectivity index (χ3n) is 5.77. The van der Waals surface area contributed by atoms with Crippen molar-refractivity contribution in [2.24, 2.45) is 0 Å². The molecule has 5 heteroatoms. The Morgan fingerprint density at radius 3 is 2.78 bits per heavy atom. The molecule has 1 atom stereocenters. The first kappa shape index (κ1) is 16.7. The van der Waals surface area contributed by atoms with Crippen LogP contribution in [0.1, 0.15) is 11.1 Å². The van der Waals surface area contributed by atoms with Crippen LogP contribution in [-0.4, -0.2) is 24.6 Å². The van der Waals surface area contributed by atoms with Crippen molar-refractivity contribution < 1.29 is 4.39 Å². The zero-order valence-electron chi connectivity index (χ0n) is 14.8. The first-order valence-corrected chi connectivity index (χ1v) is 9.54. The van der Waals surface area contributed by atoms with Gasteiger partial charge in [-0.1, -0.05) is 48.0 Å². The Morgan fingerprint density at radius 2 is 2.00 bits per heavy atom. The van der Waals surface area contributed by atoms with E-state index in [1.165, 1.54) is 5.56 Å². The van der Waals surface area contributed by atoms with Gasteiger partial charge in [-0.3, -0.25) is 4.98 Å². The Bertz CT molecular complexity index is 993. The molecule has 3 aromatic rings. The zero-order chi connectivity index (χ0) is 18.4. The van der Waals surface area contributed by atoms with Gasteiger partial charge in [-0.05, 0) is 23.3 Å². The predicted octanol–water partition coefficient (Wildman–Crippen LogP) is 4.40. The SMILES string of the molecule is Fc1cc2c(c(-c3cccnc3)c1Cl)CC1(c3ccccc3)CNCCN21. The highest BCUT2D eigenvalue weighted by Crippen LogP contribution is 2.51. The van der Waals surface area contributed by atoms with Gasteiger partial charge in [0, 0.05) is 55.3 Å². The molecule has 27 heavy (non-hydrogen) atoms. The van der Waals surface area contributed by atoms with Crippen LogP contribution in [0.3, 0.4) is 0 Å². The second-order valence-corrected chi connectivity index (χ2v) is 7.57. The summed E-state index contributed by atoms with van der Waals surface area (Å²) in [7, 11) is 0. The average Bonchev–Trinajstić information content (AvgIpc) is 3.05. The number of nitrogens with zero attached hydrogens (tertiary/aromatic N) is 2. The van der Waals surface area contributed by atoms with Crippen LogP contribution in [0.15, 0.2) is 60.9 Å². The lowest BCUT2D eigenvalue weighted by atomic mass is 9.83. The van der Waals surface area contributed by atoms with Crippen LogP contribution in [-0.2, 0) is 12.0 Å². The maximum atomic E-state index is 14.8. The molecule has 0 bridgehead atoms. The van der Waals surface area contributed by atoms with Gasteiger partial charge in [0.25, 0.3) is 0 Å². The number of rotatable bonds is 2. The molecule has 1 saturated heterocycles. The molecule has 0 saturated carbocycles. The van der Waals surface area contributed by atoms with Crippen molar-refractivity contribution in [1.29, 1.82) is 0 Å². The van der Waals surface area contributed by atoms with Gasteiger partial charge in [0.05, 0.1) is 10.6 Å². The van der Waals surface area contributed by atoms with E-state index < -0.39 is 0 Å². The summed E-state index contributed by atoms with van der Waals surface area (Å²) in [6, 6.07) is 15.9. The van der Waals surface area contributed by atoms with Crippen molar-refractivity contribution in [2.45, 2.75) is 12.0 Å². The third kappa shape index (κ3) is 2.47. The number of fused-ring (bicyclic) bond motifs is 3. The number of pyridine rings is 1. The minimum atomic E-state index is -0.378. The summed E-state index contributed by atoms with van der Waals surface area (Å²) in [5, 5.41) is 3.72. The highest BCUT2D eigenvalue weighted by molar-refractivity contribution is 6.34. The lowest BCUT2D eigenvalue weighted by molar-refractivity contribution is 0.350. The van der Waals surface area contributed by atoms with Gasteiger partial charge < -0.3 is 10.2 Å². The summed E-state index contributed by atoms with van der Waals surface area (Å²) in [5.41, 5.74) is 4.68. The first-order valence-electron chi connectivity index (χ1n) is 9.16. The highest BCUT2D eigenvalue weighted by atomic mass is 35.5. The Labute approximate surface area is 162 Å². The second-order valence-electron chi connectivity index (χ2n) is 7.19. The number of piperazine rings is 1. The van der Waals surface area contributed by atoms with Crippen LogP contribution in [0.25, 0.3) is 11.1 Å². The van der Waals surface area contributed by atoms with E-state index in [1.807, 2.05) is 18.2 Å². The van der Waals surface area contributed by atoms with E-state index in [2.05, 4.69) is 39.5 Å². The average molecular weight is 380 g/mol. The summed E-state index contributed by atoms with van der Waals surface area (Å²) in [4.78, 5) is 6.57. The molecule has 2 aliphatic heterocycles. The van der Waals surface area contributed by atoms with Crippen LogP contribution >= 0.6 is 11.6 Å². The largest absolute Gasteiger partial charge is 0.359 e. The Balaban J connectivity index is 1.75. The minimum Gasteiger partial charge on any atom is -0.359 e. The molecule has 0 aliphatic carbocycles. The summed E-state index contributed by atoms with van der Waals surface area (Å²) in [5.74, 6) is -0.378. The molecule has 1 unspecified atom stereocenters. The molecule has 1 N–H and O–H groups in total. The van der Waals surface area contributed by atoms with Crippen LogP contribution in [0, 0.1) is 5.82 Å². The summed E-state index contributed by atoms with van der Waals surface area (Å²) in [6.07, 6.45) is 4.25. The number of anilines is 1. The molecule has 3 heterocycles. The van der Waals surface area contributed by atoms with Gasteiger partial charge >= 0.3 is 0 Å².